The van der Waals surface area contributed by atoms with Gasteiger partial charge in [0.2, 0.25) is 5.95 Å². The molecule has 1 aliphatic carbocycles. The molecule has 2 aromatic rings. The quantitative estimate of drug-likeness (QED) is 0.790. The van der Waals surface area contributed by atoms with Crippen LogP contribution in [-0.4, -0.2) is 54.3 Å². The van der Waals surface area contributed by atoms with Crippen molar-refractivity contribution in [2.45, 2.75) is 44.6 Å². The van der Waals surface area contributed by atoms with Crippen LogP contribution >= 0.6 is 0 Å². The van der Waals surface area contributed by atoms with E-state index in [9.17, 15) is 0 Å². The molecular weight excluding hydrogens is 360 g/mol. The van der Waals surface area contributed by atoms with Crippen LogP contribution in [0.15, 0.2) is 42.7 Å². The summed E-state index contributed by atoms with van der Waals surface area (Å²) in [6.07, 6.45) is 11.0. The normalized spacial score (nSPS) is 24.8. The van der Waals surface area contributed by atoms with Crippen molar-refractivity contribution in [2.24, 2.45) is 5.41 Å². The van der Waals surface area contributed by atoms with Crippen LogP contribution in [0.2, 0.25) is 0 Å². The molecule has 1 aromatic carbocycles. The van der Waals surface area contributed by atoms with E-state index in [2.05, 4.69) is 50.1 Å². The first-order chi connectivity index (χ1) is 14.3. The summed E-state index contributed by atoms with van der Waals surface area (Å²) in [5.74, 6) is 1.49. The fourth-order valence-electron chi connectivity index (χ4n) is 5.71. The van der Waals surface area contributed by atoms with E-state index < -0.39 is 0 Å². The summed E-state index contributed by atoms with van der Waals surface area (Å²) in [5.41, 5.74) is 3.20. The van der Waals surface area contributed by atoms with Crippen LogP contribution in [0.3, 0.4) is 0 Å². The van der Waals surface area contributed by atoms with Crippen LogP contribution in [0.4, 0.5) is 5.95 Å². The predicted octanol–water partition coefficient (Wildman–Crippen LogP) is 3.86. The van der Waals surface area contributed by atoms with Gasteiger partial charge in [-0.05, 0) is 23.8 Å². The zero-order chi connectivity index (χ0) is 19.5. The largest absolute Gasteiger partial charge is 0.378 e. The van der Waals surface area contributed by atoms with E-state index in [4.69, 9.17) is 4.74 Å². The summed E-state index contributed by atoms with van der Waals surface area (Å²) in [7, 11) is 0. The predicted molar refractivity (Wildman–Crippen MR) is 115 cm³/mol. The van der Waals surface area contributed by atoms with Crippen molar-refractivity contribution in [3.8, 4) is 0 Å². The van der Waals surface area contributed by atoms with Crippen LogP contribution in [-0.2, 0) is 11.3 Å². The molecule has 3 aliphatic rings. The molecule has 0 N–H and O–H groups in total. The first-order valence-electron chi connectivity index (χ1n) is 11.2. The molecule has 0 amide bonds. The molecule has 5 heteroatoms. The van der Waals surface area contributed by atoms with Gasteiger partial charge in [-0.25, -0.2) is 9.97 Å². The number of nitrogens with zero attached hydrogens (tertiary/aromatic N) is 4. The summed E-state index contributed by atoms with van der Waals surface area (Å²) in [6, 6.07) is 11.2. The van der Waals surface area contributed by atoms with Crippen LogP contribution in [0.1, 0.15) is 49.1 Å². The van der Waals surface area contributed by atoms with E-state index >= 15 is 0 Å². The maximum absolute atomic E-state index is 5.43. The van der Waals surface area contributed by atoms with Crippen molar-refractivity contribution in [3.63, 3.8) is 0 Å². The third-order valence-electron chi connectivity index (χ3n) is 7.16. The number of hydrogen-bond acceptors (Lipinski definition) is 5. The van der Waals surface area contributed by atoms with Crippen molar-refractivity contribution < 1.29 is 4.74 Å². The van der Waals surface area contributed by atoms with E-state index in [-0.39, 0.29) is 0 Å². The highest BCUT2D eigenvalue weighted by Gasteiger charge is 2.47. The molecule has 3 heterocycles. The van der Waals surface area contributed by atoms with Crippen molar-refractivity contribution in [3.05, 3.63) is 53.9 Å². The lowest BCUT2D eigenvalue weighted by Crippen LogP contribution is -2.37. The fourth-order valence-corrected chi connectivity index (χ4v) is 5.71. The van der Waals surface area contributed by atoms with E-state index in [0.29, 0.717) is 11.3 Å². The van der Waals surface area contributed by atoms with Gasteiger partial charge in [0, 0.05) is 56.6 Å². The Hall–Kier alpha value is -1.98. The smallest absolute Gasteiger partial charge is 0.225 e. The maximum Gasteiger partial charge on any atom is 0.225 e. The van der Waals surface area contributed by atoms with Crippen molar-refractivity contribution in [1.82, 2.24) is 14.9 Å². The zero-order valence-corrected chi connectivity index (χ0v) is 17.3. The summed E-state index contributed by atoms with van der Waals surface area (Å²) in [4.78, 5) is 14.2. The van der Waals surface area contributed by atoms with Gasteiger partial charge < -0.3 is 9.64 Å². The number of anilines is 1. The van der Waals surface area contributed by atoms with E-state index in [1.807, 2.05) is 12.4 Å². The van der Waals surface area contributed by atoms with Crippen molar-refractivity contribution in [1.29, 1.82) is 0 Å². The second-order valence-corrected chi connectivity index (χ2v) is 9.05. The molecule has 3 fully saturated rings. The average molecular weight is 393 g/mol. The highest BCUT2D eigenvalue weighted by molar-refractivity contribution is 5.30. The molecule has 2 aliphatic heterocycles. The standard InChI is InChI=1S/C24H32N4O/c1-3-7-21(8-4-1)22-18-27(19-24(22)9-5-2-6-10-24)17-20-15-25-23(26-16-20)28-11-13-29-14-12-28/h1,3-4,7-8,15-16,22H,2,5-6,9-14,17-19H2. The van der Waals surface area contributed by atoms with Gasteiger partial charge in [-0.15, -0.1) is 0 Å². The molecule has 5 nitrogen and oxygen atoms in total. The maximum atomic E-state index is 5.43. The first-order valence-corrected chi connectivity index (χ1v) is 11.2. The molecule has 1 atom stereocenters. The molecule has 1 aromatic heterocycles. The number of morpholine rings is 1. The Labute approximate surface area is 174 Å². The van der Waals surface area contributed by atoms with Gasteiger partial charge in [0.1, 0.15) is 0 Å². The molecule has 1 unspecified atom stereocenters. The molecule has 0 radical (unpaired) electrons. The minimum Gasteiger partial charge on any atom is -0.378 e. The number of benzene rings is 1. The van der Waals surface area contributed by atoms with Gasteiger partial charge in [0.05, 0.1) is 13.2 Å². The summed E-state index contributed by atoms with van der Waals surface area (Å²) >= 11 is 0. The Morgan fingerprint density at radius 1 is 0.966 bits per heavy atom. The van der Waals surface area contributed by atoms with Crippen LogP contribution in [0, 0.1) is 5.41 Å². The second-order valence-electron chi connectivity index (χ2n) is 9.05. The van der Waals surface area contributed by atoms with Gasteiger partial charge in [0.15, 0.2) is 0 Å². The number of ether oxygens (including phenoxy) is 1. The Morgan fingerprint density at radius 2 is 1.69 bits per heavy atom. The highest BCUT2D eigenvalue weighted by atomic mass is 16.5. The highest BCUT2D eigenvalue weighted by Crippen LogP contribution is 2.52. The average Bonchev–Trinajstić information content (AvgIpc) is 3.13. The SMILES string of the molecule is c1ccc(C2CN(Cc3cnc(N4CCOCC4)nc3)CC23CCCCC3)cc1. The van der Waals surface area contributed by atoms with E-state index in [0.717, 1.165) is 45.3 Å². The van der Waals surface area contributed by atoms with Gasteiger partial charge >= 0.3 is 0 Å². The van der Waals surface area contributed by atoms with E-state index in [1.54, 1.807) is 0 Å². The minimum absolute atomic E-state index is 0.453. The topological polar surface area (TPSA) is 41.5 Å². The zero-order valence-electron chi connectivity index (χ0n) is 17.3. The summed E-state index contributed by atoms with van der Waals surface area (Å²) in [5, 5.41) is 0. The molecule has 2 saturated heterocycles. The lowest BCUT2D eigenvalue weighted by atomic mass is 9.66. The molecule has 0 bridgehead atoms. The Bertz CT molecular complexity index is 782. The third kappa shape index (κ3) is 4.03. The fraction of sp³-hybridized carbons (Fsp3) is 0.583. The molecule has 1 saturated carbocycles. The van der Waals surface area contributed by atoms with Crippen molar-refractivity contribution >= 4 is 5.95 Å². The monoisotopic (exact) mass is 392 g/mol. The number of likely N-dealkylation sites (tertiary alicyclic amines) is 1. The minimum atomic E-state index is 0.453. The van der Waals surface area contributed by atoms with Gasteiger partial charge in [-0.1, -0.05) is 49.6 Å². The van der Waals surface area contributed by atoms with Gasteiger partial charge in [-0.3, -0.25) is 4.90 Å². The molecule has 5 rings (SSSR count). The number of rotatable bonds is 4. The van der Waals surface area contributed by atoms with Crippen LogP contribution in [0.5, 0.6) is 0 Å². The Morgan fingerprint density at radius 3 is 2.41 bits per heavy atom. The summed E-state index contributed by atoms with van der Waals surface area (Å²) < 4.78 is 5.43. The lowest BCUT2D eigenvalue weighted by Gasteiger charge is -2.38. The van der Waals surface area contributed by atoms with Gasteiger partial charge in [-0.2, -0.15) is 0 Å². The Kier molecular flexibility index (Phi) is 5.51. The lowest BCUT2D eigenvalue weighted by molar-refractivity contribution is 0.122. The second kappa shape index (κ2) is 8.41. The van der Waals surface area contributed by atoms with Crippen LogP contribution in [0.25, 0.3) is 0 Å². The van der Waals surface area contributed by atoms with Crippen molar-refractivity contribution in [2.75, 3.05) is 44.3 Å². The van der Waals surface area contributed by atoms with Crippen LogP contribution < -0.4 is 4.90 Å². The third-order valence-corrected chi connectivity index (χ3v) is 7.16. The molecule has 154 valence electrons. The van der Waals surface area contributed by atoms with Gasteiger partial charge in [0.25, 0.3) is 0 Å². The first kappa shape index (κ1) is 19.0. The number of aromatic nitrogens is 2. The molecule has 29 heavy (non-hydrogen) atoms. The molecule has 1 spiro atoms. The number of hydrogen-bond donors (Lipinski definition) is 0. The summed E-state index contributed by atoms with van der Waals surface area (Å²) in [6.45, 7) is 6.60. The Balaban J connectivity index is 1.30. The van der Waals surface area contributed by atoms with E-state index in [1.165, 1.54) is 49.8 Å². The molecular formula is C24H32N4O.